The first-order chi connectivity index (χ1) is 12.2. The zero-order chi connectivity index (χ0) is 17.6. The lowest BCUT2D eigenvalue weighted by Crippen LogP contribution is -2.35. The van der Waals surface area contributed by atoms with E-state index in [2.05, 4.69) is 38.1 Å². The van der Waals surface area contributed by atoms with Crippen LogP contribution in [0, 0.1) is 11.8 Å². The average molecular weight is 341 g/mol. The predicted molar refractivity (Wildman–Crippen MR) is 106 cm³/mol. The minimum absolute atomic E-state index is 0.194. The molecule has 0 N–H and O–H groups in total. The number of ketones is 1. The van der Waals surface area contributed by atoms with Gasteiger partial charge in [-0.2, -0.15) is 0 Å². The molecule has 0 aromatic heterocycles. The van der Waals surface area contributed by atoms with Crippen molar-refractivity contribution in [2.75, 3.05) is 0 Å². The van der Waals surface area contributed by atoms with Gasteiger partial charge < -0.3 is 0 Å². The molecule has 2 unspecified atom stereocenters. The van der Waals surface area contributed by atoms with Crippen molar-refractivity contribution in [2.24, 2.45) is 11.8 Å². The van der Waals surface area contributed by atoms with E-state index in [1.807, 2.05) is 0 Å². The first-order valence-electron chi connectivity index (χ1n) is 10.9. The van der Waals surface area contributed by atoms with E-state index in [1.165, 1.54) is 62.5 Å². The second kappa shape index (κ2) is 9.01. The smallest absolute Gasteiger partial charge is 0.143 e. The van der Waals surface area contributed by atoms with Crippen molar-refractivity contribution < 1.29 is 4.79 Å². The van der Waals surface area contributed by atoms with Crippen molar-refractivity contribution in [1.29, 1.82) is 0 Å². The van der Waals surface area contributed by atoms with Crippen LogP contribution < -0.4 is 0 Å². The fourth-order valence-electron chi connectivity index (χ4n) is 5.02. The van der Waals surface area contributed by atoms with Crippen molar-refractivity contribution in [2.45, 2.75) is 96.3 Å². The summed E-state index contributed by atoms with van der Waals surface area (Å²) < 4.78 is 0. The highest BCUT2D eigenvalue weighted by Crippen LogP contribution is 2.42. The number of hydrogen-bond acceptors (Lipinski definition) is 1. The van der Waals surface area contributed by atoms with Crippen LogP contribution in [0.1, 0.15) is 107 Å². The molecular weight excluding hydrogens is 304 g/mol. The molecule has 0 amide bonds. The van der Waals surface area contributed by atoms with Crippen LogP contribution in [-0.4, -0.2) is 5.78 Å². The van der Waals surface area contributed by atoms with Gasteiger partial charge in [0.05, 0.1) is 0 Å². The number of unbranched alkanes of at least 4 members (excludes halogenated alkanes) is 2. The van der Waals surface area contributed by atoms with Gasteiger partial charge >= 0.3 is 0 Å². The third-order valence-corrected chi connectivity index (χ3v) is 6.78. The zero-order valence-electron chi connectivity index (χ0n) is 16.3. The molecule has 0 radical (unpaired) electrons. The molecule has 2 saturated carbocycles. The van der Waals surface area contributed by atoms with Gasteiger partial charge in [-0.15, -0.1) is 0 Å². The summed E-state index contributed by atoms with van der Waals surface area (Å²) in [5.74, 6) is 2.76. The minimum Gasteiger partial charge on any atom is -0.299 e. The highest BCUT2D eigenvalue weighted by molar-refractivity contribution is 5.93. The van der Waals surface area contributed by atoms with Crippen LogP contribution in [-0.2, 0) is 4.79 Å². The summed E-state index contributed by atoms with van der Waals surface area (Å²) in [5.41, 5.74) is 2.77. The molecule has 2 aliphatic rings. The molecular formula is C24H36O. The Hall–Kier alpha value is -1.11. The summed E-state index contributed by atoms with van der Waals surface area (Å²) in [6, 6.07) is 9.12. The average Bonchev–Trinajstić information content (AvgIpc) is 2.65. The Morgan fingerprint density at radius 1 is 0.840 bits per heavy atom. The predicted octanol–water partition coefficient (Wildman–Crippen LogP) is 7.01. The normalized spacial score (nSPS) is 29.4. The largest absolute Gasteiger partial charge is 0.299 e. The summed E-state index contributed by atoms with van der Waals surface area (Å²) in [4.78, 5) is 12.3. The molecule has 1 heteroatoms. The third-order valence-electron chi connectivity index (χ3n) is 6.78. The molecule has 1 aromatic rings. The topological polar surface area (TPSA) is 17.1 Å². The Labute approximate surface area is 154 Å². The molecule has 2 fully saturated rings. The maximum absolute atomic E-state index is 12.3. The molecule has 0 aliphatic heterocycles. The SMILES string of the molecule is CCCCCC1CCC(c2ccc(C3CC(CCC)C3=O)cc2)CC1. The summed E-state index contributed by atoms with van der Waals surface area (Å²) in [7, 11) is 0. The quantitative estimate of drug-likeness (QED) is 0.465. The highest BCUT2D eigenvalue weighted by Gasteiger charge is 2.39. The van der Waals surface area contributed by atoms with Crippen LogP contribution in [0.15, 0.2) is 24.3 Å². The Bertz CT molecular complexity index is 536. The standard InChI is InChI=1S/C24H36O/c1-3-5-6-8-18-9-11-19(12-10-18)20-13-15-21(16-14-20)23-17-22(7-4-2)24(23)25/h13-16,18-19,22-23H,3-12,17H2,1-2H3. The van der Waals surface area contributed by atoms with Crippen molar-refractivity contribution in [3.63, 3.8) is 0 Å². The van der Waals surface area contributed by atoms with Gasteiger partial charge in [0.25, 0.3) is 0 Å². The molecule has 1 aromatic carbocycles. The molecule has 0 heterocycles. The fraction of sp³-hybridized carbons (Fsp3) is 0.708. The van der Waals surface area contributed by atoms with E-state index in [0.29, 0.717) is 11.7 Å². The maximum atomic E-state index is 12.3. The van der Waals surface area contributed by atoms with E-state index in [-0.39, 0.29) is 5.92 Å². The van der Waals surface area contributed by atoms with E-state index in [4.69, 9.17) is 0 Å². The van der Waals surface area contributed by atoms with E-state index in [1.54, 1.807) is 0 Å². The summed E-state index contributed by atoms with van der Waals surface area (Å²) >= 11 is 0. The molecule has 2 atom stereocenters. The van der Waals surface area contributed by atoms with Gasteiger partial charge in [-0.1, -0.05) is 70.2 Å². The van der Waals surface area contributed by atoms with E-state index >= 15 is 0 Å². The highest BCUT2D eigenvalue weighted by atomic mass is 16.1. The summed E-state index contributed by atoms with van der Waals surface area (Å²) in [5, 5.41) is 0. The summed E-state index contributed by atoms with van der Waals surface area (Å²) in [6.07, 6.45) is 14.4. The van der Waals surface area contributed by atoms with Gasteiger partial charge in [-0.3, -0.25) is 4.79 Å². The van der Waals surface area contributed by atoms with Crippen LogP contribution in [0.3, 0.4) is 0 Å². The molecule has 0 bridgehead atoms. The fourth-order valence-corrected chi connectivity index (χ4v) is 5.02. The van der Waals surface area contributed by atoms with Crippen molar-refractivity contribution in [3.8, 4) is 0 Å². The second-order valence-corrected chi connectivity index (χ2v) is 8.56. The summed E-state index contributed by atoms with van der Waals surface area (Å²) in [6.45, 7) is 4.47. The first kappa shape index (κ1) is 18.7. The van der Waals surface area contributed by atoms with E-state index in [0.717, 1.165) is 31.1 Å². The van der Waals surface area contributed by atoms with Gasteiger partial charge in [0.15, 0.2) is 0 Å². The Morgan fingerprint density at radius 3 is 2.12 bits per heavy atom. The van der Waals surface area contributed by atoms with Crippen LogP contribution in [0.25, 0.3) is 0 Å². The molecule has 0 saturated heterocycles. The van der Waals surface area contributed by atoms with E-state index < -0.39 is 0 Å². The van der Waals surface area contributed by atoms with Crippen LogP contribution >= 0.6 is 0 Å². The monoisotopic (exact) mass is 340 g/mol. The molecule has 138 valence electrons. The Kier molecular flexibility index (Phi) is 6.73. The number of Topliss-reactive ketones (excluding diaryl/α,β-unsaturated/α-hetero) is 1. The number of benzene rings is 1. The molecule has 2 aliphatic carbocycles. The zero-order valence-corrected chi connectivity index (χ0v) is 16.3. The molecule has 25 heavy (non-hydrogen) atoms. The van der Waals surface area contributed by atoms with Gasteiger partial charge in [0.2, 0.25) is 0 Å². The molecule has 3 rings (SSSR count). The van der Waals surface area contributed by atoms with Crippen LogP contribution in [0.4, 0.5) is 0 Å². The third kappa shape index (κ3) is 4.54. The van der Waals surface area contributed by atoms with Gasteiger partial charge in [0, 0.05) is 11.8 Å². The van der Waals surface area contributed by atoms with Crippen molar-refractivity contribution in [3.05, 3.63) is 35.4 Å². The van der Waals surface area contributed by atoms with Crippen molar-refractivity contribution >= 4 is 5.78 Å². The van der Waals surface area contributed by atoms with Crippen LogP contribution in [0.5, 0.6) is 0 Å². The Morgan fingerprint density at radius 2 is 1.52 bits per heavy atom. The van der Waals surface area contributed by atoms with Gasteiger partial charge in [-0.05, 0) is 61.5 Å². The van der Waals surface area contributed by atoms with Gasteiger partial charge in [0.1, 0.15) is 5.78 Å². The Balaban J connectivity index is 1.48. The van der Waals surface area contributed by atoms with Gasteiger partial charge in [-0.25, -0.2) is 0 Å². The maximum Gasteiger partial charge on any atom is 0.143 e. The lowest BCUT2D eigenvalue weighted by Gasteiger charge is -2.34. The molecule has 0 spiro atoms. The molecule has 1 nitrogen and oxygen atoms in total. The van der Waals surface area contributed by atoms with E-state index in [9.17, 15) is 4.79 Å². The first-order valence-corrected chi connectivity index (χ1v) is 10.9. The number of carbonyl (C=O) groups is 1. The van der Waals surface area contributed by atoms with Crippen molar-refractivity contribution in [1.82, 2.24) is 0 Å². The lowest BCUT2D eigenvalue weighted by atomic mass is 9.68. The lowest BCUT2D eigenvalue weighted by molar-refractivity contribution is -0.132. The van der Waals surface area contributed by atoms with Crippen LogP contribution in [0.2, 0.25) is 0 Å². The number of rotatable bonds is 8. The number of hydrogen-bond donors (Lipinski definition) is 0. The minimum atomic E-state index is 0.194. The number of carbonyl (C=O) groups excluding carboxylic acids is 1. The second-order valence-electron chi connectivity index (χ2n) is 8.56.